The average molecular weight is 378 g/mol. The van der Waals surface area contributed by atoms with Crippen LogP contribution in [-0.2, 0) is 4.79 Å². The summed E-state index contributed by atoms with van der Waals surface area (Å²) in [5.41, 5.74) is 0.554. The van der Waals surface area contributed by atoms with Gasteiger partial charge in [0.2, 0.25) is 0 Å². The highest BCUT2D eigenvalue weighted by molar-refractivity contribution is 9.10. The monoisotopic (exact) mass is 377 g/mol. The Morgan fingerprint density at radius 1 is 1.30 bits per heavy atom. The largest absolute Gasteiger partial charge is 0.481 e. The summed E-state index contributed by atoms with van der Waals surface area (Å²) in [5, 5.41) is 11.8. The number of aliphatic carboxylic acids is 1. The first-order chi connectivity index (χ1) is 11.0. The molecule has 1 aromatic carbocycles. The molecule has 0 unspecified atom stereocenters. The SMILES string of the molecule is O=C(O)CC1(NC(=O)c2cn(-c3ccc(Br)cc3)cn2)CCC1. The molecule has 1 aromatic heterocycles. The van der Waals surface area contributed by atoms with Gasteiger partial charge in [-0.25, -0.2) is 4.98 Å². The maximum atomic E-state index is 12.3. The molecule has 0 radical (unpaired) electrons. The molecule has 120 valence electrons. The third kappa shape index (κ3) is 3.44. The summed E-state index contributed by atoms with van der Waals surface area (Å²) in [6.07, 6.45) is 5.48. The molecule has 0 aliphatic heterocycles. The van der Waals surface area contributed by atoms with Gasteiger partial charge in [0.15, 0.2) is 0 Å². The standard InChI is InChI=1S/C16H16BrN3O3/c17-11-2-4-12(5-3-11)20-9-13(18-10-20)15(23)19-16(6-1-7-16)8-14(21)22/h2-5,9-10H,1,6-8H2,(H,19,23)(H,21,22). The number of rotatable bonds is 5. The normalized spacial score (nSPS) is 15.7. The number of benzene rings is 1. The van der Waals surface area contributed by atoms with Gasteiger partial charge in [-0.05, 0) is 43.5 Å². The van der Waals surface area contributed by atoms with Crippen molar-refractivity contribution in [3.05, 3.63) is 47.0 Å². The van der Waals surface area contributed by atoms with Crippen molar-refractivity contribution in [1.82, 2.24) is 14.9 Å². The molecule has 0 saturated heterocycles. The molecule has 7 heteroatoms. The van der Waals surface area contributed by atoms with Crippen molar-refractivity contribution < 1.29 is 14.7 Å². The Bertz CT molecular complexity index is 735. The van der Waals surface area contributed by atoms with E-state index in [9.17, 15) is 9.59 Å². The van der Waals surface area contributed by atoms with Crippen molar-refractivity contribution in [3.63, 3.8) is 0 Å². The molecule has 1 fully saturated rings. The van der Waals surface area contributed by atoms with E-state index >= 15 is 0 Å². The minimum absolute atomic E-state index is 0.0494. The zero-order valence-corrected chi connectivity index (χ0v) is 13.9. The fourth-order valence-electron chi connectivity index (χ4n) is 2.74. The van der Waals surface area contributed by atoms with Gasteiger partial charge >= 0.3 is 5.97 Å². The second kappa shape index (κ2) is 6.16. The van der Waals surface area contributed by atoms with Crippen molar-refractivity contribution in [3.8, 4) is 5.69 Å². The third-order valence-corrected chi connectivity index (χ3v) is 4.65. The fraction of sp³-hybridized carbons (Fsp3) is 0.312. The molecular formula is C16H16BrN3O3. The van der Waals surface area contributed by atoms with Gasteiger partial charge in [0.1, 0.15) is 12.0 Å². The van der Waals surface area contributed by atoms with Crippen LogP contribution in [0.25, 0.3) is 5.69 Å². The molecule has 1 saturated carbocycles. The Balaban J connectivity index is 1.73. The van der Waals surface area contributed by atoms with Crippen LogP contribution in [0.3, 0.4) is 0 Å². The van der Waals surface area contributed by atoms with Crippen LogP contribution in [0.1, 0.15) is 36.2 Å². The molecule has 0 spiro atoms. The Hall–Kier alpha value is -2.15. The van der Waals surface area contributed by atoms with E-state index in [2.05, 4.69) is 26.2 Å². The van der Waals surface area contributed by atoms with Crippen LogP contribution in [0, 0.1) is 0 Å². The molecule has 1 heterocycles. The van der Waals surface area contributed by atoms with Crippen LogP contribution in [0.5, 0.6) is 0 Å². The summed E-state index contributed by atoms with van der Waals surface area (Å²) in [7, 11) is 0. The number of carbonyl (C=O) groups excluding carboxylic acids is 1. The van der Waals surface area contributed by atoms with E-state index in [4.69, 9.17) is 5.11 Å². The zero-order valence-electron chi connectivity index (χ0n) is 12.3. The number of hydrogen-bond donors (Lipinski definition) is 2. The molecule has 23 heavy (non-hydrogen) atoms. The molecule has 3 rings (SSSR count). The predicted octanol–water partition coefficient (Wildman–Crippen LogP) is 2.76. The number of halogens is 1. The molecule has 0 bridgehead atoms. The van der Waals surface area contributed by atoms with Gasteiger partial charge in [0, 0.05) is 16.4 Å². The molecule has 6 nitrogen and oxygen atoms in total. The Morgan fingerprint density at radius 2 is 2.00 bits per heavy atom. The molecule has 1 aliphatic carbocycles. The lowest BCUT2D eigenvalue weighted by atomic mass is 9.74. The molecule has 1 amide bonds. The van der Waals surface area contributed by atoms with E-state index in [0.717, 1.165) is 16.6 Å². The summed E-state index contributed by atoms with van der Waals surface area (Å²) >= 11 is 3.38. The van der Waals surface area contributed by atoms with Crippen LogP contribution < -0.4 is 5.32 Å². The highest BCUT2D eigenvalue weighted by Crippen LogP contribution is 2.35. The average Bonchev–Trinajstić information content (AvgIpc) is 2.95. The van der Waals surface area contributed by atoms with E-state index in [0.29, 0.717) is 12.8 Å². The lowest BCUT2D eigenvalue weighted by Crippen LogP contribution is -2.54. The van der Waals surface area contributed by atoms with E-state index < -0.39 is 11.5 Å². The molecule has 2 N–H and O–H groups in total. The first kappa shape index (κ1) is 15.7. The number of imidazole rings is 1. The summed E-state index contributed by atoms with van der Waals surface area (Å²) in [6.45, 7) is 0. The van der Waals surface area contributed by atoms with Gasteiger partial charge in [-0.3, -0.25) is 9.59 Å². The Morgan fingerprint density at radius 3 is 2.57 bits per heavy atom. The van der Waals surface area contributed by atoms with Gasteiger partial charge in [-0.2, -0.15) is 0 Å². The smallest absolute Gasteiger partial charge is 0.305 e. The first-order valence-corrected chi connectivity index (χ1v) is 8.11. The van der Waals surface area contributed by atoms with Crippen molar-refractivity contribution in [2.75, 3.05) is 0 Å². The zero-order chi connectivity index (χ0) is 16.4. The Labute approximate surface area is 141 Å². The van der Waals surface area contributed by atoms with Gasteiger partial charge < -0.3 is 15.0 Å². The van der Waals surface area contributed by atoms with Gasteiger partial charge in [0.05, 0.1) is 12.0 Å². The molecule has 1 aliphatic rings. The maximum Gasteiger partial charge on any atom is 0.305 e. The lowest BCUT2D eigenvalue weighted by molar-refractivity contribution is -0.139. The third-order valence-electron chi connectivity index (χ3n) is 4.12. The number of hydrogen-bond acceptors (Lipinski definition) is 3. The molecular weight excluding hydrogens is 362 g/mol. The minimum Gasteiger partial charge on any atom is -0.481 e. The number of nitrogens with zero attached hydrogens (tertiary/aromatic N) is 2. The lowest BCUT2D eigenvalue weighted by Gasteiger charge is -2.41. The summed E-state index contributed by atoms with van der Waals surface area (Å²) in [6, 6.07) is 7.63. The topological polar surface area (TPSA) is 84.2 Å². The summed E-state index contributed by atoms with van der Waals surface area (Å²) < 4.78 is 2.73. The van der Waals surface area contributed by atoms with Crippen molar-refractivity contribution >= 4 is 27.8 Å². The van der Waals surface area contributed by atoms with Crippen molar-refractivity contribution in [2.24, 2.45) is 0 Å². The van der Waals surface area contributed by atoms with Crippen LogP contribution in [0.2, 0.25) is 0 Å². The maximum absolute atomic E-state index is 12.3. The highest BCUT2D eigenvalue weighted by Gasteiger charge is 2.40. The molecule has 0 atom stereocenters. The van der Waals surface area contributed by atoms with Crippen LogP contribution in [0.15, 0.2) is 41.3 Å². The summed E-state index contributed by atoms with van der Waals surface area (Å²) in [5.74, 6) is -1.23. The van der Waals surface area contributed by atoms with Gasteiger partial charge in [-0.15, -0.1) is 0 Å². The number of carboxylic acids is 1. The number of nitrogens with one attached hydrogen (secondary N) is 1. The van der Waals surface area contributed by atoms with Crippen molar-refractivity contribution in [1.29, 1.82) is 0 Å². The minimum atomic E-state index is -0.898. The number of aromatic nitrogens is 2. The quantitative estimate of drug-likeness (QED) is 0.838. The van der Waals surface area contributed by atoms with E-state index in [1.54, 1.807) is 17.1 Å². The summed E-state index contributed by atoms with van der Waals surface area (Å²) in [4.78, 5) is 27.4. The Kier molecular flexibility index (Phi) is 4.21. The number of amides is 1. The predicted molar refractivity (Wildman–Crippen MR) is 87.6 cm³/mol. The second-order valence-corrected chi connectivity index (χ2v) is 6.72. The van der Waals surface area contributed by atoms with E-state index in [1.165, 1.54) is 0 Å². The van der Waals surface area contributed by atoms with Crippen LogP contribution in [-0.4, -0.2) is 32.1 Å². The number of carbonyl (C=O) groups is 2. The van der Waals surface area contributed by atoms with Crippen LogP contribution >= 0.6 is 15.9 Å². The van der Waals surface area contributed by atoms with Crippen LogP contribution in [0.4, 0.5) is 0 Å². The second-order valence-electron chi connectivity index (χ2n) is 5.80. The van der Waals surface area contributed by atoms with E-state index in [-0.39, 0.29) is 18.0 Å². The van der Waals surface area contributed by atoms with Gasteiger partial charge in [-0.1, -0.05) is 15.9 Å². The first-order valence-electron chi connectivity index (χ1n) is 7.32. The number of carboxylic acid groups (broad SMARTS) is 1. The van der Waals surface area contributed by atoms with Gasteiger partial charge in [0.25, 0.3) is 5.91 Å². The molecule has 2 aromatic rings. The highest BCUT2D eigenvalue weighted by atomic mass is 79.9. The van der Waals surface area contributed by atoms with E-state index in [1.807, 2.05) is 24.3 Å². The fourth-order valence-corrected chi connectivity index (χ4v) is 3.00. The van der Waals surface area contributed by atoms with Crippen molar-refractivity contribution in [2.45, 2.75) is 31.2 Å².